The molecule has 0 radical (unpaired) electrons. The molecule has 0 aliphatic rings. The van der Waals surface area contributed by atoms with Gasteiger partial charge in [0.05, 0.1) is 24.3 Å². The molecular weight excluding hydrogens is 482 g/mol. The summed E-state index contributed by atoms with van der Waals surface area (Å²) in [5, 5.41) is 3.03. The van der Waals surface area contributed by atoms with E-state index in [1.165, 1.54) is 5.56 Å². The van der Waals surface area contributed by atoms with Crippen LogP contribution in [0.15, 0.2) is 88.1 Å². The zero-order valence-electron chi connectivity index (χ0n) is 21.4. The number of esters is 1. The van der Waals surface area contributed by atoms with Crippen molar-refractivity contribution in [2.45, 2.75) is 39.0 Å². The van der Waals surface area contributed by atoms with Crippen LogP contribution in [0.4, 0.5) is 5.69 Å². The van der Waals surface area contributed by atoms with Gasteiger partial charge in [0.1, 0.15) is 5.75 Å². The summed E-state index contributed by atoms with van der Waals surface area (Å²) in [5.41, 5.74) is 1.74. The molecule has 1 N–H and O–H groups in total. The molecule has 4 rings (SSSR count). The minimum atomic E-state index is -0.714. The Balaban J connectivity index is 1.37. The number of anilines is 1. The molecule has 0 fully saturated rings. The fourth-order valence-electron chi connectivity index (χ4n) is 3.92. The van der Waals surface area contributed by atoms with Crippen LogP contribution >= 0.6 is 0 Å². The number of benzene rings is 3. The van der Waals surface area contributed by atoms with Crippen molar-refractivity contribution in [3.8, 4) is 5.75 Å². The lowest BCUT2D eigenvalue weighted by molar-refractivity contribution is 0.0464. The molecule has 0 unspecified atom stereocenters. The van der Waals surface area contributed by atoms with Gasteiger partial charge in [-0.2, -0.15) is 0 Å². The molecule has 196 valence electrons. The van der Waals surface area contributed by atoms with Gasteiger partial charge in [-0.25, -0.2) is 4.79 Å². The van der Waals surface area contributed by atoms with Crippen LogP contribution in [-0.2, 0) is 11.2 Å². The van der Waals surface area contributed by atoms with Crippen molar-refractivity contribution in [1.82, 2.24) is 0 Å². The fourth-order valence-corrected chi connectivity index (χ4v) is 3.92. The predicted molar refractivity (Wildman–Crippen MR) is 147 cm³/mol. The summed E-state index contributed by atoms with van der Waals surface area (Å²) in [5.74, 6) is -0.617. The summed E-state index contributed by atoms with van der Waals surface area (Å²) in [6.07, 6.45) is 4.55. The number of fused-ring (bicyclic) bond motifs is 1. The third-order valence-corrected chi connectivity index (χ3v) is 6.02. The van der Waals surface area contributed by atoms with Crippen LogP contribution in [0.3, 0.4) is 0 Å². The molecule has 1 heterocycles. The summed E-state index contributed by atoms with van der Waals surface area (Å²) in [6, 6.07) is 23.1. The number of carbonyl (C=O) groups is 2. The molecule has 1 amide bonds. The highest BCUT2D eigenvalue weighted by Crippen LogP contribution is 2.24. The van der Waals surface area contributed by atoms with E-state index in [0.29, 0.717) is 24.3 Å². The molecule has 4 aromatic rings. The largest absolute Gasteiger partial charge is 0.494 e. The summed E-state index contributed by atoms with van der Waals surface area (Å²) < 4.78 is 16.7. The van der Waals surface area contributed by atoms with Gasteiger partial charge in [0.2, 0.25) is 5.76 Å². The first kappa shape index (κ1) is 26.7. The average molecular weight is 514 g/mol. The Kier molecular flexibility index (Phi) is 9.29. The van der Waals surface area contributed by atoms with Crippen molar-refractivity contribution in [1.29, 1.82) is 0 Å². The van der Waals surface area contributed by atoms with E-state index < -0.39 is 11.4 Å². The number of ether oxygens (including phenoxy) is 2. The van der Waals surface area contributed by atoms with Crippen LogP contribution in [0.1, 0.15) is 59.1 Å². The highest BCUT2D eigenvalue weighted by atomic mass is 16.5. The van der Waals surface area contributed by atoms with Crippen LogP contribution in [0.2, 0.25) is 0 Å². The van der Waals surface area contributed by atoms with Gasteiger partial charge >= 0.3 is 5.97 Å². The first-order chi connectivity index (χ1) is 18.5. The van der Waals surface area contributed by atoms with E-state index in [2.05, 4.69) is 17.4 Å². The smallest absolute Gasteiger partial charge is 0.374 e. The van der Waals surface area contributed by atoms with Gasteiger partial charge in [0, 0.05) is 11.6 Å². The molecule has 0 aliphatic heterocycles. The van der Waals surface area contributed by atoms with E-state index in [1.54, 1.807) is 42.5 Å². The van der Waals surface area contributed by atoms with Gasteiger partial charge in [-0.15, -0.1) is 0 Å². The highest BCUT2D eigenvalue weighted by Gasteiger charge is 2.17. The van der Waals surface area contributed by atoms with Crippen molar-refractivity contribution in [2.24, 2.45) is 0 Å². The quantitative estimate of drug-likeness (QED) is 0.174. The molecule has 7 nitrogen and oxygen atoms in total. The SMILES string of the molecule is CCCCOC(=O)c1cc(=O)c2cccc(NC(=O)c3ccc(OCCCCc4ccccc4)cc3)c2o1. The third kappa shape index (κ3) is 7.09. The van der Waals surface area contributed by atoms with Gasteiger partial charge in [-0.05, 0) is 67.6 Å². The number of unbranched alkanes of at least 4 members (excludes halogenated alkanes) is 2. The number of aryl methyl sites for hydroxylation is 1. The molecule has 1 aromatic heterocycles. The zero-order chi connectivity index (χ0) is 26.7. The van der Waals surface area contributed by atoms with Crippen molar-refractivity contribution in [3.05, 3.63) is 106 Å². The van der Waals surface area contributed by atoms with Crippen molar-refractivity contribution in [3.63, 3.8) is 0 Å². The lowest BCUT2D eigenvalue weighted by Gasteiger charge is -2.10. The number of para-hydroxylation sites is 1. The molecule has 38 heavy (non-hydrogen) atoms. The number of hydrogen-bond donors (Lipinski definition) is 1. The van der Waals surface area contributed by atoms with Gasteiger partial charge < -0.3 is 19.2 Å². The van der Waals surface area contributed by atoms with E-state index in [0.717, 1.165) is 31.7 Å². The molecule has 3 aromatic carbocycles. The monoisotopic (exact) mass is 513 g/mol. The van der Waals surface area contributed by atoms with Gasteiger partial charge in [-0.3, -0.25) is 9.59 Å². The van der Waals surface area contributed by atoms with E-state index in [1.807, 2.05) is 25.1 Å². The summed E-state index contributed by atoms with van der Waals surface area (Å²) in [6.45, 7) is 2.81. The maximum Gasteiger partial charge on any atom is 0.374 e. The number of nitrogens with one attached hydrogen (secondary N) is 1. The van der Waals surface area contributed by atoms with Crippen LogP contribution in [0.5, 0.6) is 5.75 Å². The Morgan fingerprint density at radius 3 is 2.42 bits per heavy atom. The molecular formula is C31H31NO6. The molecule has 7 heteroatoms. The maximum atomic E-state index is 12.9. The lowest BCUT2D eigenvalue weighted by atomic mass is 10.1. The molecule has 0 saturated heterocycles. The van der Waals surface area contributed by atoms with Crippen molar-refractivity contribution >= 4 is 28.5 Å². The number of amides is 1. The third-order valence-electron chi connectivity index (χ3n) is 6.02. The van der Waals surface area contributed by atoms with Crippen LogP contribution in [0, 0.1) is 0 Å². The van der Waals surface area contributed by atoms with Gasteiger partial charge in [-0.1, -0.05) is 49.7 Å². The zero-order valence-corrected chi connectivity index (χ0v) is 21.4. The molecule has 0 spiro atoms. The minimum absolute atomic E-state index is 0.117. The first-order valence-electron chi connectivity index (χ1n) is 12.9. The predicted octanol–water partition coefficient (Wildman–Crippen LogP) is 6.40. The number of rotatable bonds is 12. The maximum absolute atomic E-state index is 12.9. The Labute approximate surface area is 221 Å². The van der Waals surface area contributed by atoms with Crippen molar-refractivity contribution < 1.29 is 23.5 Å². The first-order valence-corrected chi connectivity index (χ1v) is 12.9. The van der Waals surface area contributed by atoms with Crippen LogP contribution < -0.4 is 15.5 Å². The normalized spacial score (nSPS) is 10.8. The van der Waals surface area contributed by atoms with E-state index >= 15 is 0 Å². The molecule has 0 atom stereocenters. The Morgan fingerprint density at radius 2 is 1.66 bits per heavy atom. The lowest BCUT2D eigenvalue weighted by Crippen LogP contribution is -2.14. The topological polar surface area (TPSA) is 94.8 Å². The summed E-state index contributed by atoms with van der Waals surface area (Å²) in [4.78, 5) is 37.8. The van der Waals surface area contributed by atoms with E-state index in [4.69, 9.17) is 13.9 Å². The average Bonchev–Trinajstić information content (AvgIpc) is 2.94. The fraction of sp³-hybridized carbons (Fsp3) is 0.258. The number of carbonyl (C=O) groups excluding carboxylic acids is 2. The Hall–Kier alpha value is -4.39. The van der Waals surface area contributed by atoms with Gasteiger partial charge in [0.15, 0.2) is 11.0 Å². The number of hydrogen-bond acceptors (Lipinski definition) is 6. The van der Waals surface area contributed by atoms with Crippen molar-refractivity contribution in [2.75, 3.05) is 18.5 Å². The highest BCUT2D eigenvalue weighted by molar-refractivity contribution is 6.08. The summed E-state index contributed by atoms with van der Waals surface area (Å²) >= 11 is 0. The molecule has 0 saturated carbocycles. The van der Waals surface area contributed by atoms with E-state index in [-0.39, 0.29) is 34.9 Å². The standard InChI is InChI=1S/C31H31NO6/c1-2-3-19-37-31(35)28-21-27(33)25-13-9-14-26(29(25)38-28)32-30(34)23-15-17-24(18-16-23)36-20-8-7-12-22-10-5-4-6-11-22/h4-6,9-11,13-18,21H,2-3,7-8,12,19-20H2,1H3,(H,32,34). The summed E-state index contributed by atoms with van der Waals surface area (Å²) in [7, 11) is 0. The molecule has 0 aliphatic carbocycles. The van der Waals surface area contributed by atoms with E-state index in [9.17, 15) is 14.4 Å². The minimum Gasteiger partial charge on any atom is -0.494 e. The Morgan fingerprint density at radius 1 is 0.868 bits per heavy atom. The van der Waals surface area contributed by atoms with Crippen LogP contribution in [-0.4, -0.2) is 25.1 Å². The molecule has 0 bridgehead atoms. The second kappa shape index (κ2) is 13.2. The van der Waals surface area contributed by atoms with Crippen LogP contribution in [0.25, 0.3) is 11.0 Å². The van der Waals surface area contributed by atoms with Gasteiger partial charge in [0.25, 0.3) is 5.91 Å². The second-order valence-corrected chi connectivity index (χ2v) is 8.92. The Bertz CT molecular complexity index is 1430. The second-order valence-electron chi connectivity index (χ2n) is 8.92.